The van der Waals surface area contributed by atoms with Crippen molar-refractivity contribution in [3.05, 3.63) is 34.5 Å². The molecule has 0 spiro atoms. The van der Waals surface area contributed by atoms with Crippen LogP contribution >= 0.6 is 11.3 Å². The summed E-state index contributed by atoms with van der Waals surface area (Å²) in [5.74, 6) is -2.29. The number of rotatable bonds is 4. The summed E-state index contributed by atoms with van der Waals surface area (Å²) in [6, 6.07) is 4.26. The van der Waals surface area contributed by atoms with E-state index in [2.05, 4.69) is 5.32 Å². The van der Waals surface area contributed by atoms with E-state index in [1.807, 2.05) is 0 Å². The van der Waals surface area contributed by atoms with E-state index in [4.69, 9.17) is 5.11 Å². The maximum atomic E-state index is 13.2. The predicted octanol–water partition coefficient (Wildman–Crippen LogP) is 1.91. The van der Waals surface area contributed by atoms with Crippen molar-refractivity contribution < 1.29 is 24.2 Å². The van der Waals surface area contributed by atoms with Crippen LogP contribution in [0.5, 0.6) is 0 Å². The molecule has 1 heterocycles. The predicted molar refractivity (Wildman–Crippen MR) is 77.1 cm³/mol. The third kappa shape index (κ3) is 3.03. The molecule has 0 saturated heterocycles. The van der Waals surface area contributed by atoms with Crippen molar-refractivity contribution >= 4 is 33.3 Å². The SMILES string of the molecule is Cc1c(C(=O)NCC(C)(O)C(=O)O)sc2cc(F)ccc12. The molecule has 0 aliphatic heterocycles. The van der Waals surface area contributed by atoms with Crippen molar-refractivity contribution in [1.82, 2.24) is 5.32 Å². The van der Waals surface area contributed by atoms with Gasteiger partial charge >= 0.3 is 5.97 Å². The fourth-order valence-electron chi connectivity index (χ4n) is 1.82. The number of aliphatic carboxylic acids is 1. The Morgan fingerprint density at radius 1 is 1.43 bits per heavy atom. The number of hydrogen-bond donors (Lipinski definition) is 3. The molecule has 0 radical (unpaired) electrons. The van der Waals surface area contributed by atoms with Gasteiger partial charge in [0.15, 0.2) is 5.60 Å². The van der Waals surface area contributed by atoms with Gasteiger partial charge in [0.05, 0.1) is 11.4 Å². The summed E-state index contributed by atoms with van der Waals surface area (Å²) in [6.45, 7) is 2.42. The maximum Gasteiger partial charge on any atom is 0.337 e. The highest BCUT2D eigenvalue weighted by Crippen LogP contribution is 2.31. The van der Waals surface area contributed by atoms with Gasteiger partial charge in [-0.05, 0) is 36.9 Å². The molecule has 0 saturated carbocycles. The fourth-order valence-corrected chi connectivity index (χ4v) is 2.97. The topological polar surface area (TPSA) is 86.6 Å². The number of benzene rings is 1. The number of carboxylic acids is 1. The Hall–Kier alpha value is -1.99. The van der Waals surface area contributed by atoms with E-state index in [0.717, 1.165) is 23.6 Å². The highest BCUT2D eigenvalue weighted by molar-refractivity contribution is 7.21. The Morgan fingerprint density at radius 3 is 2.71 bits per heavy atom. The van der Waals surface area contributed by atoms with Crippen LogP contribution in [-0.2, 0) is 4.79 Å². The lowest BCUT2D eigenvalue weighted by molar-refractivity contribution is -0.155. The number of fused-ring (bicyclic) bond motifs is 1. The first-order valence-electron chi connectivity index (χ1n) is 6.15. The minimum atomic E-state index is -2.04. The highest BCUT2D eigenvalue weighted by Gasteiger charge is 2.30. The third-order valence-electron chi connectivity index (χ3n) is 3.16. The summed E-state index contributed by atoms with van der Waals surface area (Å²) >= 11 is 1.12. The van der Waals surface area contributed by atoms with Crippen molar-refractivity contribution in [3.63, 3.8) is 0 Å². The van der Waals surface area contributed by atoms with Gasteiger partial charge in [-0.15, -0.1) is 11.3 Å². The largest absolute Gasteiger partial charge is 0.479 e. The zero-order valence-electron chi connectivity index (χ0n) is 11.4. The number of carbonyl (C=O) groups is 2. The zero-order valence-corrected chi connectivity index (χ0v) is 12.3. The molecule has 1 atom stereocenters. The molecule has 2 rings (SSSR count). The van der Waals surface area contributed by atoms with Crippen molar-refractivity contribution in [1.29, 1.82) is 0 Å². The molecule has 2 aromatic rings. The molecule has 0 aliphatic carbocycles. The third-order valence-corrected chi connectivity index (χ3v) is 4.41. The van der Waals surface area contributed by atoms with Crippen LogP contribution < -0.4 is 5.32 Å². The number of hydrogen-bond acceptors (Lipinski definition) is 4. The van der Waals surface area contributed by atoms with Crippen LogP contribution in [-0.4, -0.2) is 34.2 Å². The number of halogens is 1. The van der Waals surface area contributed by atoms with Gasteiger partial charge in [0.25, 0.3) is 5.91 Å². The van der Waals surface area contributed by atoms with Crippen molar-refractivity contribution in [2.45, 2.75) is 19.4 Å². The Bertz CT molecular complexity index is 723. The second-order valence-corrected chi connectivity index (χ2v) is 6.01. The smallest absolute Gasteiger partial charge is 0.337 e. The van der Waals surface area contributed by atoms with Crippen LogP contribution in [0, 0.1) is 12.7 Å². The standard InChI is InChI=1S/C14H14FNO4S/c1-7-9-4-3-8(15)5-10(9)21-11(7)12(17)16-6-14(2,20)13(18)19/h3-5,20H,6H2,1-2H3,(H,16,17)(H,18,19). The molecule has 7 heteroatoms. The van der Waals surface area contributed by atoms with Crippen LogP contribution in [0.25, 0.3) is 10.1 Å². The molecular formula is C14H14FNO4S. The lowest BCUT2D eigenvalue weighted by atomic mass is 10.1. The van der Waals surface area contributed by atoms with Gasteiger partial charge in [0.2, 0.25) is 0 Å². The Morgan fingerprint density at radius 2 is 2.10 bits per heavy atom. The van der Waals surface area contributed by atoms with E-state index >= 15 is 0 Å². The average molecular weight is 311 g/mol. The molecular weight excluding hydrogens is 297 g/mol. The number of aliphatic hydroxyl groups is 1. The molecule has 1 aromatic carbocycles. The number of thiophene rings is 1. The van der Waals surface area contributed by atoms with Gasteiger partial charge in [-0.1, -0.05) is 6.07 Å². The summed E-state index contributed by atoms with van der Waals surface area (Å²) in [5.41, 5.74) is -1.34. The number of carbonyl (C=O) groups excluding carboxylic acids is 1. The zero-order chi connectivity index (χ0) is 15.8. The molecule has 1 aromatic heterocycles. The number of aryl methyl sites for hydroxylation is 1. The van der Waals surface area contributed by atoms with E-state index in [9.17, 15) is 19.1 Å². The van der Waals surface area contributed by atoms with Gasteiger partial charge in [-0.25, -0.2) is 9.18 Å². The molecule has 21 heavy (non-hydrogen) atoms. The van der Waals surface area contributed by atoms with E-state index in [1.165, 1.54) is 12.1 Å². The second kappa shape index (κ2) is 5.42. The number of amides is 1. The van der Waals surface area contributed by atoms with Crippen LogP contribution in [0.2, 0.25) is 0 Å². The van der Waals surface area contributed by atoms with E-state index < -0.39 is 24.0 Å². The minimum absolute atomic E-state index is 0.372. The molecule has 1 amide bonds. The summed E-state index contributed by atoms with van der Waals surface area (Å²) in [4.78, 5) is 23.2. The molecule has 3 N–H and O–H groups in total. The van der Waals surface area contributed by atoms with Gasteiger partial charge in [-0.2, -0.15) is 0 Å². The fraction of sp³-hybridized carbons (Fsp3) is 0.286. The highest BCUT2D eigenvalue weighted by atomic mass is 32.1. The van der Waals surface area contributed by atoms with Crippen molar-refractivity contribution in [2.24, 2.45) is 0 Å². The number of nitrogens with one attached hydrogen (secondary N) is 1. The minimum Gasteiger partial charge on any atom is -0.479 e. The monoisotopic (exact) mass is 311 g/mol. The van der Waals surface area contributed by atoms with Crippen molar-refractivity contribution in [2.75, 3.05) is 6.54 Å². The van der Waals surface area contributed by atoms with E-state index in [1.54, 1.807) is 13.0 Å². The van der Waals surface area contributed by atoms with Gasteiger partial charge in [-0.3, -0.25) is 4.79 Å². The summed E-state index contributed by atoms with van der Waals surface area (Å²) < 4.78 is 13.8. The van der Waals surface area contributed by atoms with E-state index in [-0.39, 0.29) is 5.82 Å². The second-order valence-electron chi connectivity index (χ2n) is 4.96. The molecule has 5 nitrogen and oxygen atoms in total. The van der Waals surface area contributed by atoms with Gasteiger partial charge in [0.1, 0.15) is 5.82 Å². The normalized spacial score (nSPS) is 13.9. The van der Waals surface area contributed by atoms with E-state index in [0.29, 0.717) is 15.1 Å². The summed E-state index contributed by atoms with van der Waals surface area (Å²) in [5, 5.41) is 21.5. The lowest BCUT2D eigenvalue weighted by Crippen LogP contribution is -2.46. The lowest BCUT2D eigenvalue weighted by Gasteiger charge is -2.18. The Balaban J connectivity index is 2.24. The molecule has 112 valence electrons. The van der Waals surface area contributed by atoms with Gasteiger partial charge < -0.3 is 15.5 Å². The number of carboxylic acid groups (broad SMARTS) is 1. The summed E-state index contributed by atoms with van der Waals surface area (Å²) in [6.07, 6.45) is 0. The Kier molecular flexibility index (Phi) is 3.97. The van der Waals surface area contributed by atoms with Gasteiger partial charge in [0, 0.05) is 4.70 Å². The quantitative estimate of drug-likeness (QED) is 0.805. The van der Waals surface area contributed by atoms with Crippen LogP contribution in [0.15, 0.2) is 18.2 Å². The average Bonchev–Trinajstić information content (AvgIpc) is 2.72. The summed E-state index contributed by atoms with van der Waals surface area (Å²) in [7, 11) is 0. The maximum absolute atomic E-state index is 13.2. The molecule has 0 bridgehead atoms. The van der Waals surface area contributed by atoms with Crippen molar-refractivity contribution in [3.8, 4) is 0 Å². The molecule has 1 unspecified atom stereocenters. The Labute approximate surface area is 124 Å². The molecule has 0 aliphatic rings. The molecule has 0 fully saturated rings. The van der Waals surface area contributed by atoms with Crippen LogP contribution in [0.3, 0.4) is 0 Å². The van der Waals surface area contributed by atoms with Crippen LogP contribution in [0.4, 0.5) is 4.39 Å². The first-order chi connectivity index (χ1) is 9.72. The first kappa shape index (κ1) is 15.4. The van der Waals surface area contributed by atoms with Crippen LogP contribution in [0.1, 0.15) is 22.2 Å². The first-order valence-corrected chi connectivity index (χ1v) is 6.96.